The Kier molecular flexibility index (Phi) is 5.82. The van der Waals surface area contributed by atoms with Crippen LogP contribution >= 0.6 is 0 Å². The van der Waals surface area contributed by atoms with E-state index < -0.39 is 0 Å². The van der Waals surface area contributed by atoms with Crippen molar-refractivity contribution in [3.8, 4) is 0 Å². The average molecular weight is 318 g/mol. The van der Waals surface area contributed by atoms with Crippen molar-refractivity contribution in [1.82, 2.24) is 4.90 Å². The standard InChI is InChI=1S/C19H30N2O2/c1-5-19(13-22)8-10-21(11-9-19)16(4)18(23)20-17-7-6-14(2)12-15(17)3/h6-7,12,16,22H,5,8-11,13H2,1-4H3,(H,20,23). The number of aliphatic hydroxyl groups excluding tert-OH is 1. The molecular formula is C19H30N2O2. The van der Waals surface area contributed by atoms with Crippen LogP contribution in [0.5, 0.6) is 0 Å². The topological polar surface area (TPSA) is 52.6 Å². The quantitative estimate of drug-likeness (QED) is 0.877. The highest BCUT2D eigenvalue weighted by Gasteiger charge is 2.35. The number of amides is 1. The van der Waals surface area contributed by atoms with Gasteiger partial charge in [0.1, 0.15) is 0 Å². The average Bonchev–Trinajstić information content (AvgIpc) is 2.56. The highest BCUT2D eigenvalue weighted by Crippen LogP contribution is 2.34. The largest absolute Gasteiger partial charge is 0.396 e. The molecule has 2 rings (SSSR count). The number of likely N-dealkylation sites (tertiary alicyclic amines) is 1. The number of aryl methyl sites for hydroxylation is 2. The van der Waals surface area contributed by atoms with E-state index in [1.807, 2.05) is 26.0 Å². The van der Waals surface area contributed by atoms with Gasteiger partial charge >= 0.3 is 0 Å². The van der Waals surface area contributed by atoms with Crippen molar-refractivity contribution in [3.05, 3.63) is 29.3 Å². The number of rotatable bonds is 5. The maximum Gasteiger partial charge on any atom is 0.241 e. The van der Waals surface area contributed by atoms with Gasteiger partial charge in [-0.25, -0.2) is 0 Å². The second-order valence-corrected chi connectivity index (χ2v) is 7.03. The van der Waals surface area contributed by atoms with Crippen LogP contribution in [0.3, 0.4) is 0 Å². The molecule has 4 nitrogen and oxygen atoms in total. The van der Waals surface area contributed by atoms with Crippen molar-refractivity contribution < 1.29 is 9.90 Å². The van der Waals surface area contributed by atoms with Crippen LogP contribution in [-0.4, -0.2) is 41.7 Å². The Balaban J connectivity index is 1.95. The molecule has 0 radical (unpaired) electrons. The maximum atomic E-state index is 12.5. The SMILES string of the molecule is CCC1(CO)CCN(C(C)C(=O)Nc2ccc(C)cc2C)CC1. The van der Waals surface area contributed by atoms with Crippen molar-refractivity contribution in [3.63, 3.8) is 0 Å². The van der Waals surface area contributed by atoms with Gasteiger partial charge in [-0.1, -0.05) is 24.6 Å². The van der Waals surface area contributed by atoms with Crippen molar-refractivity contribution in [1.29, 1.82) is 0 Å². The summed E-state index contributed by atoms with van der Waals surface area (Å²) in [6.07, 6.45) is 2.92. The molecule has 1 atom stereocenters. The third kappa shape index (κ3) is 4.12. The van der Waals surface area contributed by atoms with Crippen LogP contribution in [0.1, 0.15) is 44.2 Å². The van der Waals surface area contributed by atoms with Crippen LogP contribution in [0.4, 0.5) is 5.69 Å². The molecule has 2 N–H and O–H groups in total. The fourth-order valence-corrected chi connectivity index (χ4v) is 3.37. The molecule has 1 unspecified atom stereocenters. The summed E-state index contributed by atoms with van der Waals surface area (Å²) in [5, 5.41) is 12.7. The molecule has 1 aromatic carbocycles. The molecular weight excluding hydrogens is 288 g/mol. The summed E-state index contributed by atoms with van der Waals surface area (Å²) in [5.41, 5.74) is 3.24. The molecule has 0 bridgehead atoms. The lowest BCUT2D eigenvalue weighted by Crippen LogP contribution is -2.49. The van der Waals surface area contributed by atoms with Gasteiger partial charge in [-0.05, 0) is 70.2 Å². The molecule has 128 valence electrons. The number of nitrogens with zero attached hydrogens (tertiary/aromatic N) is 1. The number of nitrogens with one attached hydrogen (secondary N) is 1. The molecule has 0 saturated carbocycles. The number of carbonyl (C=O) groups excluding carboxylic acids is 1. The van der Waals surface area contributed by atoms with Crippen LogP contribution in [0, 0.1) is 19.3 Å². The summed E-state index contributed by atoms with van der Waals surface area (Å²) in [6, 6.07) is 5.92. The van der Waals surface area contributed by atoms with Crippen LogP contribution < -0.4 is 5.32 Å². The Labute approximate surface area is 139 Å². The fourth-order valence-electron chi connectivity index (χ4n) is 3.37. The third-order valence-electron chi connectivity index (χ3n) is 5.51. The Morgan fingerprint density at radius 1 is 1.35 bits per heavy atom. The predicted molar refractivity (Wildman–Crippen MR) is 94.6 cm³/mol. The number of hydrogen-bond donors (Lipinski definition) is 2. The van der Waals surface area contributed by atoms with E-state index in [1.54, 1.807) is 0 Å². The lowest BCUT2D eigenvalue weighted by atomic mass is 9.76. The molecule has 1 saturated heterocycles. The highest BCUT2D eigenvalue weighted by atomic mass is 16.3. The molecule has 0 aromatic heterocycles. The summed E-state index contributed by atoms with van der Waals surface area (Å²) < 4.78 is 0. The molecule has 0 aliphatic carbocycles. The monoisotopic (exact) mass is 318 g/mol. The Bertz CT molecular complexity index is 542. The smallest absolute Gasteiger partial charge is 0.241 e. The van der Waals surface area contributed by atoms with Crippen molar-refractivity contribution >= 4 is 11.6 Å². The first-order valence-electron chi connectivity index (χ1n) is 8.64. The Morgan fingerprint density at radius 2 is 2.00 bits per heavy atom. The van der Waals surface area contributed by atoms with Gasteiger partial charge in [0, 0.05) is 12.3 Å². The number of anilines is 1. The van der Waals surface area contributed by atoms with E-state index in [9.17, 15) is 9.90 Å². The van der Waals surface area contributed by atoms with E-state index in [-0.39, 0.29) is 24.0 Å². The van der Waals surface area contributed by atoms with E-state index in [0.29, 0.717) is 0 Å². The number of hydrogen-bond acceptors (Lipinski definition) is 3. The lowest BCUT2D eigenvalue weighted by molar-refractivity contribution is -0.121. The zero-order chi connectivity index (χ0) is 17.0. The molecule has 1 aliphatic heterocycles. The van der Waals surface area contributed by atoms with Crippen molar-refractivity contribution in [2.75, 3.05) is 25.0 Å². The minimum atomic E-state index is -0.149. The summed E-state index contributed by atoms with van der Waals surface area (Å²) >= 11 is 0. The van der Waals surface area contributed by atoms with Gasteiger partial charge < -0.3 is 10.4 Å². The van der Waals surface area contributed by atoms with Crippen LogP contribution in [-0.2, 0) is 4.79 Å². The molecule has 1 heterocycles. The zero-order valence-corrected chi connectivity index (χ0v) is 14.9. The van der Waals surface area contributed by atoms with E-state index in [2.05, 4.69) is 30.1 Å². The van der Waals surface area contributed by atoms with E-state index in [4.69, 9.17) is 0 Å². The molecule has 1 aromatic rings. The van der Waals surface area contributed by atoms with Crippen molar-refractivity contribution in [2.24, 2.45) is 5.41 Å². The minimum Gasteiger partial charge on any atom is -0.396 e. The third-order valence-corrected chi connectivity index (χ3v) is 5.51. The van der Waals surface area contributed by atoms with E-state index in [0.717, 1.165) is 43.6 Å². The van der Waals surface area contributed by atoms with Gasteiger partial charge in [-0.15, -0.1) is 0 Å². The van der Waals surface area contributed by atoms with Crippen LogP contribution in [0.2, 0.25) is 0 Å². The molecule has 1 amide bonds. The second-order valence-electron chi connectivity index (χ2n) is 7.03. The van der Waals surface area contributed by atoms with Gasteiger partial charge in [-0.3, -0.25) is 9.69 Å². The van der Waals surface area contributed by atoms with Gasteiger partial charge in [-0.2, -0.15) is 0 Å². The van der Waals surface area contributed by atoms with Gasteiger partial charge in [0.05, 0.1) is 6.04 Å². The lowest BCUT2D eigenvalue weighted by Gasteiger charge is -2.42. The first-order chi connectivity index (χ1) is 10.9. The molecule has 1 fully saturated rings. The van der Waals surface area contributed by atoms with Crippen LogP contribution in [0.25, 0.3) is 0 Å². The normalized spacial score (nSPS) is 19.3. The van der Waals surface area contributed by atoms with Crippen LogP contribution in [0.15, 0.2) is 18.2 Å². The van der Waals surface area contributed by atoms with E-state index >= 15 is 0 Å². The second kappa shape index (κ2) is 7.45. The maximum absolute atomic E-state index is 12.5. The Morgan fingerprint density at radius 3 is 2.52 bits per heavy atom. The minimum absolute atomic E-state index is 0.0463. The summed E-state index contributed by atoms with van der Waals surface area (Å²) in [5.74, 6) is 0.0463. The zero-order valence-electron chi connectivity index (χ0n) is 14.9. The highest BCUT2D eigenvalue weighted by molar-refractivity contribution is 5.95. The van der Waals surface area contributed by atoms with Crippen molar-refractivity contribution in [2.45, 2.75) is 53.0 Å². The first-order valence-corrected chi connectivity index (χ1v) is 8.64. The number of benzene rings is 1. The molecule has 0 spiro atoms. The number of carbonyl (C=O) groups is 1. The van der Waals surface area contributed by atoms with Gasteiger partial charge in [0.25, 0.3) is 0 Å². The van der Waals surface area contributed by atoms with Gasteiger partial charge in [0.2, 0.25) is 5.91 Å². The number of aliphatic hydroxyl groups is 1. The number of piperidine rings is 1. The molecule has 4 heteroatoms. The fraction of sp³-hybridized carbons (Fsp3) is 0.632. The Hall–Kier alpha value is -1.39. The first kappa shape index (κ1) is 18.0. The molecule has 1 aliphatic rings. The molecule has 23 heavy (non-hydrogen) atoms. The van der Waals surface area contributed by atoms with E-state index in [1.165, 1.54) is 5.56 Å². The van der Waals surface area contributed by atoms with Gasteiger partial charge in [0.15, 0.2) is 0 Å². The summed E-state index contributed by atoms with van der Waals surface area (Å²) in [6.45, 7) is 10.2. The summed E-state index contributed by atoms with van der Waals surface area (Å²) in [4.78, 5) is 14.8. The summed E-state index contributed by atoms with van der Waals surface area (Å²) in [7, 11) is 0. The predicted octanol–water partition coefficient (Wildman–Crippen LogP) is 3.11.